The van der Waals surface area contributed by atoms with Crippen LogP contribution in [0.4, 0.5) is 4.39 Å². The van der Waals surface area contributed by atoms with Crippen molar-refractivity contribution < 1.29 is 18.5 Å². The molecule has 0 aliphatic heterocycles. The van der Waals surface area contributed by atoms with Crippen LogP contribution in [0.1, 0.15) is 44.0 Å². The molecule has 9 nitrogen and oxygen atoms in total. The van der Waals surface area contributed by atoms with Crippen LogP contribution in [0.15, 0.2) is 83.5 Å². The first-order chi connectivity index (χ1) is 18.4. The lowest BCUT2D eigenvalue weighted by molar-refractivity contribution is 0.0928. The minimum absolute atomic E-state index is 0.0175. The van der Waals surface area contributed by atoms with Crippen molar-refractivity contribution in [2.75, 3.05) is 0 Å². The van der Waals surface area contributed by atoms with E-state index < -0.39 is 23.7 Å². The Kier molecular flexibility index (Phi) is 6.77. The Balaban J connectivity index is 1.40. The number of aromatic nitrogens is 4. The van der Waals surface area contributed by atoms with E-state index in [4.69, 9.17) is 15.2 Å². The highest BCUT2D eigenvalue weighted by Crippen LogP contribution is 2.25. The highest BCUT2D eigenvalue weighted by Gasteiger charge is 2.22. The van der Waals surface area contributed by atoms with E-state index in [1.54, 1.807) is 13.1 Å². The van der Waals surface area contributed by atoms with Crippen molar-refractivity contribution >= 4 is 11.8 Å². The van der Waals surface area contributed by atoms with E-state index in [1.165, 1.54) is 12.1 Å². The number of carbonyl (C=O) groups excluding carboxylic acids is 2. The second-order valence-electron chi connectivity index (χ2n) is 8.66. The maximum absolute atomic E-state index is 14.6. The molecular formula is C28H23FN6O3. The molecule has 10 heteroatoms. The second kappa shape index (κ2) is 10.5. The van der Waals surface area contributed by atoms with Gasteiger partial charge in [0.15, 0.2) is 0 Å². The van der Waals surface area contributed by atoms with Crippen LogP contribution in [0.3, 0.4) is 0 Å². The number of nitrogens with one attached hydrogen (secondary N) is 2. The minimum Gasteiger partial charge on any atom is -0.366 e. The summed E-state index contributed by atoms with van der Waals surface area (Å²) in [7, 11) is 0. The Morgan fingerprint density at radius 2 is 1.76 bits per heavy atom. The monoisotopic (exact) mass is 510 g/mol. The Labute approximate surface area is 216 Å². The van der Waals surface area contributed by atoms with Gasteiger partial charge in [-0.3, -0.25) is 9.59 Å². The summed E-state index contributed by atoms with van der Waals surface area (Å²) in [6, 6.07) is 20.0. The van der Waals surface area contributed by atoms with Gasteiger partial charge in [0.05, 0.1) is 17.3 Å². The summed E-state index contributed by atoms with van der Waals surface area (Å²) in [6.07, 6.45) is 2.16. The lowest BCUT2D eigenvalue weighted by atomic mass is 10.0. The van der Waals surface area contributed by atoms with Gasteiger partial charge >= 0.3 is 0 Å². The molecule has 190 valence electrons. The molecule has 2 amide bonds. The number of aryl methyl sites for hydroxylation is 1. The number of carbonyl (C=O) groups is 2. The topological polar surface area (TPSA) is 140 Å². The zero-order valence-electron chi connectivity index (χ0n) is 20.3. The van der Waals surface area contributed by atoms with E-state index in [1.807, 2.05) is 54.6 Å². The number of rotatable bonds is 8. The molecule has 0 spiro atoms. The van der Waals surface area contributed by atoms with Gasteiger partial charge in [-0.15, -0.1) is 0 Å². The maximum atomic E-state index is 14.6. The molecule has 0 radical (unpaired) electrons. The Bertz CT molecular complexity index is 1590. The number of aromatic amines is 1. The van der Waals surface area contributed by atoms with Crippen molar-refractivity contribution in [3.63, 3.8) is 0 Å². The van der Waals surface area contributed by atoms with Crippen LogP contribution in [0.2, 0.25) is 0 Å². The van der Waals surface area contributed by atoms with Crippen molar-refractivity contribution in [3.8, 4) is 22.6 Å². The fourth-order valence-corrected chi connectivity index (χ4v) is 4.02. The van der Waals surface area contributed by atoms with Crippen molar-refractivity contribution in [3.05, 3.63) is 113 Å². The number of primary amides is 1. The molecule has 0 aliphatic carbocycles. The third kappa shape index (κ3) is 5.34. The molecule has 1 atom stereocenters. The first-order valence-corrected chi connectivity index (χ1v) is 11.8. The van der Waals surface area contributed by atoms with Gasteiger partial charge in [-0.25, -0.2) is 9.37 Å². The Morgan fingerprint density at radius 3 is 2.42 bits per heavy atom. The minimum atomic E-state index is -0.839. The normalized spacial score (nSPS) is 11.7. The van der Waals surface area contributed by atoms with Crippen LogP contribution >= 0.6 is 0 Å². The van der Waals surface area contributed by atoms with E-state index >= 15 is 0 Å². The number of nitrogens with zero attached hydrogens (tertiary/aromatic N) is 3. The molecule has 0 bridgehead atoms. The average Bonchev–Trinajstić information content (AvgIpc) is 3.58. The van der Waals surface area contributed by atoms with Gasteiger partial charge in [0.2, 0.25) is 17.6 Å². The highest BCUT2D eigenvalue weighted by atomic mass is 19.1. The van der Waals surface area contributed by atoms with E-state index in [0.717, 1.165) is 22.8 Å². The summed E-state index contributed by atoms with van der Waals surface area (Å²) in [5.74, 6) is -0.772. The lowest BCUT2D eigenvalue weighted by Crippen LogP contribution is -2.31. The summed E-state index contributed by atoms with van der Waals surface area (Å²) in [5.41, 5.74) is 8.27. The van der Waals surface area contributed by atoms with Crippen molar-refractivity contribution in [1.29, 1.82) is 0 Å². The molecule has 38 heavy (non-hydrogen) atoms. The second-order valence-corrected chi connectivity index (χ2v) is 8.66. The Morgan fingerprint density at radius 1 is 1.03 bits per heavy atom. The Hall–Kier alpha value is -5.12. The van der Waals surface area contributed by atoms with Crippen molar-refractivity contribution in [2.24, 2.45) is 5.73 Å². The van der Waals surface area contributed by atoms with Crippen molar-refractivity contribution in [1.82, 2.24) is 25.4 Å². The summed E-state index contributed by atoms with van der Waals surface area (Å²) < 4.78 is 19.7. The third-order valence-corrected chi connectivity index (χ3v) is 5.98. The molecule has 2 aromatic heterocycles. The van der Waals surface area contributed by atoms with Gasteiger partial charge in [0, 0.05) is 29.8 Å². The zero-order chi connectivity index (χ0) is 26.6. The van der Waals surface area contributed by atoms with E-state index in [2.05, 4.69) is 20.4 Å². The number of amides is 2. The quantitative estimate of drug-likeness (QED) is 0.283. The molecule has 3 aromatic carbocycles. The van der Waals surface area contributed by atoms with Crippen LogP contribution in [0.5, 0.6) is 0 Å². The summed E-state index contributed by atoms with van der Waals surface area (Å²) in [5, 5.41) is 6.80. The molecule has 0 unspecified atom stereocenters. The van der Waals surface area contributed by atoms with Gasteiger partial charge < -0.3 is 20.6 Å². The van der Waals surface area contributed by atoms with Crippen LogP contribution in [0, 0.1) is 12.7 Å². The number of nitrogens with two attached hydrogens (primary N) is 1. The van der Waals surface area contributed by atoms with E-state index in [9.17, 15) is 14.0 Å². The van der Waals surface area contributed by atoms with Gasteiger partial charge in [-0.1, -0.05) is 59.8 Å². The number of hydrogen-bond acceptors (Lipinski definition) is 6. The lowest BCUT2D eigenvalue weighted by Gasteiger charge is -2.17. The first kappa shape index (κ1) is 24.6. The number of hydrogen-bond donors (Lipinski definition) is 3. The van der Waals surface area contributed by atoms with Gasteiger partial charge in [-0.2, -0.15) is 4.98 Å². The van der Waals surface area contributed by atoms with Crippen LogP contribution in [0.25, 0.3) is 22.6 Å². The summed E-state index contributed by atoms with van der Waals surface area (Å²) in [6.45, 7) is 1.73. The predicted octanol–water partition coefficient (Wildman–Crippen LogP) is 4.39. The SMILES string of the molecule is Cc1nc(-c2ccc(-c3c[nH]c([C@H](Cc4ccccc4)NC(=O)c4ccc(C(N)=O)cc4F)n3)cc2)no1. The third-order valence-electron chi connectivity index (χ3n) is 5.98. The molecular weight excluding hydrogens is 487 g/mol. The fourth-order valence-electron chi connectivity index (χ4n) is 4.02. The number of H-pyrrole nitrogens is 1. The summed E-state index contributed by atoms with van der Waals surface area (Å²) >= 11 is 0. The number of halogens is 1. The largest absolute Gasteiger partial charge is 0.366 e. The smallest absolute Gasteiger partial charge is 0.254 e. The number of benzene rings is 3. The maximum Gasteiger partial charge on any atom is 0.254 e. The van der Waals surface area contributed by atoms with Crippen LogP contribution < -0.4 is 11.1 Å². The average molecular weight is 511 g/mol. The standard InChI is InChI=1S/C28H23FN6O3/c1-16-32-26(35-38-16)19-9-7-18(8-10-19)24-15-31-27(33-24)23(13-17-5-3-2-4-6-17)34-28(37)21-12-11-20(25(30)36)14-22(21)29/h2-12,14-15,23H,13H2,1H3,(H2,30,36)(H,31,33)(H,34,37)/t23-/m0/s1. The van der Waals surface area contributed by atoms with Gasteiger partial charge in [0.25, 0.3) is 5.91 Å². The molecule has 0 saturated carbocycles. The summed E-state index contributed by atoms with van der Waals surface area (Å²) in [4.78, 5) is 36.5. The molecule has 0 aliphatic rings. The van der Waals surface area contributed by atoms with Gasteiger partial charge in [-0.05, 0) is 30.2 Å². The first-order valence-electron chi connectivity index (χ1n) is 11.8. The van der Waals surface area contributed by atoms with E-state index in [-0.39, 0.29) is 11.1 Å². The molecule has 5 rings (SSSR count). The molecule has 5 aromatic rings. The molecule has 0 saturated heterocycles. The molecule has 4 N–H and O–H groups in total. The molecule has 0 fully saturated rings. The fraction of sp³-hybridized carbons (Fsp3) is 0.107. The van der Waals surface area contributed by atoms with E-state index in [0.29, 0.717) is 29.7 Å². The van der Waals surface area contributed by atoms with Crippen LogP contribution in [-0.2, 0) is 6.42 Å². The van der Waals surface area contributed by atoms with Crippen molar-refractivity contribution in [2.45, 2.75) is 19.4 Å². The predicted molar refractivity (Wildman–Crippen MR) is 137 cm³/mol. The highest BCUT2D eigenvalue weighted by molar-refractivity contribution is 5.97. The zero-order valence-corrected chi connectivity index (χ0v) is 20.3. The molecule has 2 heterocycles. The number of imidazole rings is 1. The van der Waals surface area contributed by atoms with Crippen LogP contribution in [-0.4, -0.2) is 31.9 Å². The van der Waals surface area contributed by atoms with Gasteiger partial charge in [0.1, 0.15) is 11.6 Å².